The summed E-state index contributed by atoms with van der Waals surface area (Å²) in [6, 6.07) is 20.5. The summed E-state index contributed by atoms with van der Waals surface area (Å²) in [6.07, 6.45) is 1.91. The Morgan fingerprint density at radius 3 is 2.00 bits per heavy atom. The standard InChI is InChI=1S/C18H16NOP/c1-20-17-16(14-10-6-3-7-11-14)15(12-19-18(17)21)13-8-4-2-5-9-13/h2-12H,21H2,1H3. The number of hydrogen-bond acceptors (Lipinski definition) is 2. The Hall–Kier alpha value is -2.18. The third kappa shape index (κ3) is 2.68. The zero-order valence-electron chi connectivity index (χ0n) is 11.8. The largest absolute Gasteiger partial charge is 0.494 e. The SMILES string of the molecule is COc1c(P)ncc(-c2ccccc2)c1-c1ccccc1. The van der Waals surface area contributed by atoms with Gasteiger partial charge in [-0.15, -0.1) is 0 Å². The molecule has 0 spiro atoms. The lowest BCUT2D eigenvalue weighted by Gasteiger charge is -2.16. The van der Waals surface area contributed by atoms with Crippen molar-refractivity contribution in [2.45, 2.75) is 0 Å². The van der Waals surface area contributed by atoms with Crippen molar-refractivity contribution in [3.63, 3.8) is 0 Å². The highest BCUT2D eigenvalue weighted by Crippen LogP contribution is 2.37. The number of pyridine rings is 1. The first-order chi connectivity index (χ1) is 10.3. The van der Waals surface area contributed by atoms with Crippen LogP contribution in [0, 0.1) is 0 Å². The van der Waals surface area contributed by atoms with Gasteiger partial charge in [0, 0.05) is 17.3 Å². The smallest absolute Gasteiger partial charge is 0.152 e. The summed E-state index contributed by atoms with van der Waals surface area (Å²) in [5.74, 6) is 0.799. The van der Waals surface area contributed by atoms with Gasteiger partial charge < -0.3 is 4.74 Å². The van der Waals surface area contributed by atoms with Crippen LogP contribution in [0.4, 0.5) is 0 Å². The van der Waals surface area contributed by atoms with Gasteiger partial charge in [-0.3, -0.25) is 4.98 Å². The van der Waals surface area contributed by atoms with E-state index in [2.05, 4.69) is 38.5 Å². The lowest BCUT2D eigenvalue weighted by molar-refractivity contribution is 0.419. The quantitative estimate of drug-likeness (QED) is 0.683. The lowest BCUT2D eigenvalue weighted by Crippen LogP contribution is -2.06. The highest BCUT2D eigenvalue weighted by molar-refractivity contribution is 7.27. The molecule has 3 rings (SSSR count). The summed E-state index contributed by atoms with van der Waals surface area (Å²) < 4.78 is 5.61. The maximum Gasteiger partial charge on any atom is 0.152 e. The Morgan fingerprint density at radius 1 is 0.857 bits per heavy atom. The Kier molecular flexibility index (Phi) is 3.98. The average Bonchev–Trinajstić information content (AvgIpc) is 2.56. The monoisotopic (exact) mass is 293 g/mol. The summed E-state index contributed by atoms with van der Waals surface area (Å²) in [5, 5.41) is 0. The Bertz CT molecular complexity index is 742. The van der Waals surface area contributed by atoms with Crippen molar-refractivity contribution in [2.75, 3.05) is 7.11 Å². The van der Waals surface area contributed by atoms with Crippen LogP contribution in [0.25, 0.3) is 22.3 Å². The summed E-state index contributed by atoms with van der Waals surface area (Å²) in [5.41, 5.74) is 5.22. The number of hydrogen-bond donors (Lipinski definition) is 0. The van der Waals surface area contributed by atoms with Gasteiger partial charge in [0.1, 0.15) is 0 Å². The number of ether oxygens (including phenoxy) is 1. The van der Waals surface area contributed by atoms with Crippen LogP contribution in [-0.2, 0) is 0 Å². The molecule has 0 amide bonds. The molecule has 2 nitrogen and oxygen atoms in total. The van der Waals surface area contributed by atoms with Crippen molar-refractivity contribution >= 4 is 14.7 Å². The Labute approximate surface area is 127 Å². The van der Waals surface area contributed by atoms with Crippen LogP contribution in [0.1, 0.15) is 0 Å². The van der Waals surface area contributed by atoms with Gasteiger partial charge in [0.15, 0.2) is 5.75 Å². The predicted molar refractivity (Wildman–Crippen MR) is 91.0 cm³/mol. The minimum absolute atomic E-state index is 0.799. The van der Waals surface area contributed by atoms with E-state index in [1.54, 1.807) is 7.11 Å². The first-order valence-electron chi connectivity index (χ1n) is 6.74. The molecule has 2 aromatic carbocycles. The van der Waals surface area contributed by atoms with Crippen molar-refractivity contribution in [3.8, 4) is 28.0 Å². The van der Waals surface area contributed by atoms with Crippen molar-refractivity contribution in [2.24, 2.45) is 0 Å². The molecule has 0 fully saturated rings. The van der Waals surface area contributed by atoms with Crippen LogP contribution in [-0.4, -0.2) is 12.1 Å². The van der Waals surface area contributed by atoms with Gasteiger partial charge in [0.2, 0.25) is 0 Å². The second-order valence-corrected chi connectivity index (χ2v) is 5.24. The predicted octanol–water partition coefficient (Wildman–Crippen LogP) is 3.92. The van der Waals surface area contributed by atoms with Crippen molar-refractivity contribution in [3.05, 3.63) is 66.9 Å². The first kappa shape index (κ1) is 13.8. The number of nitrogens with zero attached hydrogens (tertiary/aromatic N) is 1. The average molecular weight is 293 g/mol. The number of aromatic nitrogens is 1. The Balaban J connectivity index is 2.31. The second-order valence-electron chi connectivity index (χ2n) is 4.70. The van der Waals surface area contributed by atoms with Gasteiger partial charge in [0.05, 0.1) is 12.5 Å². The van der Waals surface area contributed by atoms with Crippen LogP contribution in [0.3, 0.4) is 0 Å². The molecule has 104 valence electrons. The van der Waals surface area contributed by atoms with Gasteiger partial charge >= 0.3 is 0 Å². The summed E-state index contributed by atoms with van der Waals surface area (Å²) in [4.78, 5) is 4.45. The topological polar surface area (TPSA) is 22.1 Å². The van der Waals surface area contributed by atoms with E-state index in [1.165, 1.54) is 0 Å². The lowest BCUT2D eigenvalue weighted by atomic mass is 9.96. The van der Waals surface area contributed by atoms with Crippen LogP contribution < -0.4 is 10.2 Å². The molecule has 3 heteroatoms. The van der Waals surface area contributed by atoms with E-state index >= 15 is 0 Å². The fourth-order valence-corrected chi connectivity index (χ4v) is 2.78. The Morgan fingerprint density at radius 2 is 1.43 bits per heavy atom. The molecule has 1 atom stereocenters. The molecule has 0 aliphatic heterocycles. The van der Waals surface area contributed by atoms with Crippen molar-refractivity contribution < 1.29 is 4.74 Å². The summed E-state index contributed by atoms with van der Waals surface area (Å²) in [6.45, 7) is 0. The highest BCUT2D eigenvalue weighted by atomic mass is 31.0. The zero-order chi connectivity index (χ0) is 14.7. The van der Waals surface area contributed by atoms with Gasteiger partial charge in [0.25, 0.3) is 0 Å². The van der Waals surface area contributed by atoms with E-state index in [0.29, 0.717) is 0 Å². The van der Waals surface area contributed by atoms with Crippen molar-refractivity contribution in [1.82, 2.24) is 4.98 Å². The molecule has 0 saturated heterocycles. The second kappa shape index (κ2) is 6.07. The van der Waals surface area contributed by atoms with E-state index in [4.69, 9.17) is 4.74 Å². The van der Waals surface area contributed by atoms with Crippen molar-refractivity contribution in [1.29, 1.82) is 0 Å². The number of benzene rings is 2. The molecular weight excluding hydrogens is 277 g/mol. The van der Waals surface area contributed by atoms with E-state index < -0.39 is 0 Å². The minimum atomic E-state index is 0.799. The van der Waals surface area contributed by atoms with E-state index in [1.807, 2.05) is 42.6 Å². The third-order valence-corrected chi connectivity index (χ3v) is 3.82. The fraction of sp³-hybridized carbons (Fsp3) is 0.0556. The van der Waals surface area contributed by atoms with E-state index in [9.17, 15) is 0 Å². The van der Waals surface area contributed by atoms with Crippen LogP contribution in [0.5, 0.6) is 5.75 Å². The molecule has 0 saturated carbocycles. The zero-order valence-corrected chi connectivity index (χ0v) is 12.9. The first-order valence-corrected chi connectivity index (χ1v) is 7.32. The van der Waals surface area contributed by atoms with Gasteiger partial charge in [-0.05, 0) is 11.1 Å². The third-order valence-electron chi connectivity index (χ3n) is 3.41. The maximum absolute atomic E-state index is 5.61. The molecule has 0 aliphatic rings. The van der Waals surface area contributed by atoms with Gasteiger partial charge in [-0.2, -0.15) is 0 Å². The minimum Gasteiger partial charge on any atom is -0.494 e. The summed E-state index contributed by atoms with van der Waals surface area (Å²) >= 11 is 0. The molecule has 3 aromatic rings. The van der Waals surface area contributed by atoms with Crippen LogP contribution in [0.2, 0.25) is 0 Å². The molecule has 1 aromatic heterocycles. The highest BCUT2D eigenvalue weighted by Gasteiger charge is 2.16. The molecule has 0 aliphatic carbocycles. The molecule has 0 bridgehead atoms. The van der Waals surface area contributed by atoms with Crippen LogP contribution in [0.15, 0.2) is 66.9 Å². The molecule has 1 heterocycles. The van der Waals surface area contributed by atoms with E-state index in [-0.39, 0.29) is 0 Å². The number of rotatable bonds is 3. The normalized spacial score (nSPS) is 10.4. The summed E-state index contributed by atoms with van der Waals surface area (Å²) in [7, 11) is 4.33. The molecule has 0 N–H and O–H groups in total. The molecule has 21 heavy (non-hydrogen) atoms. The van der Waals surface area contributed by atoms with Gasteiger partial charge in [-0.25, -0.2) is 0 Å². The van der Waals surface area contributed by atoms with Crippen LogP contribution >= 0.6 is 9.24 Å². The molecular formula is C18H16NOP. The molecule has 0 radical (unpaired) electrons. The van der Waals surface area contributed by atoms with E-state index in [0.717, 1.165) is 33.4 Å². The van der Waals surface area contributed by atoms with Gasteiger partial charge in [-0.1, -0.05) is 69.9 Å². The maximum atomic E-state index is 5.61. The number of methoxy groups -OCH3 is 1. The fourth-order valence-electron chi connectivity index (χ4n) is 2.44. The molecule has 1 unspecified atom stereocenters.